The fraction of sp³-hybridized carbons (Fsp3) is 0.200. The van der Waals surface area contributed by atoms with Gasteiger partial charge in [0, 0.05) is 6.92 Å². The highest BCUT2D eigenvalue weighted by atomic mass is 16.4. The van der Waals surface area contributed by atoms with Gasteiger partial charge in [0.15, 0.2) is 5.58 Å². The van der Waals surface area contributed by atoms with Gasteiger partial charge in [-0.3, -0.25) is 4.79 Å². The van der Waals surface area contributed by atoms with Gasteiger partial charge in [0.1, 0.15) is 5.52 Å². The number of oxazole rings is 1. The summed E-state index contributed by atoms with van der Waals surface area (Å²) in [5.74, 6) is 0.0365. The summed E-state index contributed by atoms with van der Waals surface area (Å²) in [4.78, 5) is 15.0. The Morgan fingerprint density at radius 3 is 2.92 bits per heavy atom. The molecule has 1 heterocycles. The highest BCUT2D eigenvalue weighted by Gasteiger charge is 2.08. The van der Waals surface area contributed by atoms with Crippen molar-refractivity contribution in [2.24, 2.45) is 0 Å². The van der Waals surface area contributed by atoms with Gasteiger partial charge < -0.3 is 4.42 Å². The molecule has 0 spiro atoms. The predicted molar refractivity (Wildman–Crippen MR) is 48.8 cm³/mol. The SMILES string of the molecule is CC(=O)c1nc2ccc(C)cc2o1. The maximum absolute atomic E-state index is 10.9. The van der Waals surface area contributed by atoms with E-state index < -0.39 is 0 Å². The van der Waals surface area contributed by atoms with Gasteiger partial charge in [0.25, 0.3) is 5.89 Å². The smallest absolute Gasteiger partial charge is 0.263 e. The van der Waals surface area contributed by atoms with Crippen LogP contribution in [0.1, 0.15) is 23.2 Å². The number of rotatable bonds is 1. The molecule has 1 aromatic heterocycles. The summed E-state index contributed by atoms with van der Waals surface area (Å²) in [6.07, 6.45) is 0. The van der Waals surface area contributed by atoms with E-state index in [1.54, 1.807) is 0 Å². The molecule has 0 aliphatic carbocycles. The van der Waals surface area contributed by atoms with E-state index >= 15 is 0 Å². The molecule has 3 nitrogen and oxygen atoms in total. The molecule has 1 aromatic carbocycles. The topological polar surface area (TPSA) is 43.1 Å². The average Bonchev–Trinajstić information content (AvgIpc) is 2.46. The van der Waals surface area contributed by atoms with Crippen LogP contribution in [0.15, 0.2) is 22.6 Å². The quantitative estimate of drug-likeness (QED) is 0.625. The molecule has 3 heteroatoms. The lowest BCUT2D eigenvalue weighted by atomic mass is 10.2. The minimum Gasteiger partial charge on any atom is -0.434 e. The van der Waals surface area contributed by atoms with Gasteiger partial charge in [-0.2, -0.15) is 0 Å². The number of aryl methyl sites for hydroxylation is 1. The Kier molecular flexibility index (Phi) is 1.65. The van der Waals surface area contributed by atoms with E-state index in [0.717, 1.165) is 11.1 Å². The van der Waals surface area contributed by atoms with Crippen LogP contribution in [0.3, 0.4) is 0 Å². The molecule has 0 unspecified atom stereocenters. The Bertz CT molecular complexity index is 471. The van der Waals surface area contributed by atoms with Crippen molar-refractivity contribution in [3.63, 3.8) is 0 Å². The first-order chi connectivity index (χ1) is 6.16. The number of Topliss-reactive ketones (excluding diaryl/α,β-unsaturated/α-hetero) is 1. The first-order valence-electron chi connectivity index (χ1n) is 4.05. The lowest BCUT2D eigenvalue weighted by Crippen LogP contribution is -1.89. The second-order valence-corrected chi connectivity index (χ2v) is 3.05. The molecule has 0 saturated heterocycles. The zero-order valence-corrected chi connectivity index (χ0v) is 7.50. The minimum absolute atomic E-state index is 0.145. The standard InChI is InChI=1S/C10H9NO2/c1-6-3-4-8-9(5-6)13-10(11-8)7(2)12/h3-5H,1-2H3. The third kappa shape index (κ3) is 1.33. The molecule has 0 amide bonds. The van der Waals surface area contributed by atoms with Gasteiger partial charge in [-0.1, -0.05) is 6.07 Å². The third-order valence-electron chi connectivity index (χ3n) is 1.85. The number of hydrogen-bond donors (Lipinski definition) is 0. The predicted octanol–water partition coefficient (Wildman–Crippen LogP) is 2.34. The molecular formula is C10H9NO2. The van der Waals surface area contributed by atoms with Gasteiger partial charge in [-0.25, -0.2) is 4.98 Å². The maximum Gasteiger partial charge on any atom is 0.263 e. The zero-order chi connectivity index (χ0) is 9.42. The van der Waals surface area contributed by atoms with Crippen LogP contribution in [-0.4, -0.2) is 10.8 Å². The Hall–Kier alpha value is -1.64. The summed E-state index contributed by atoms with van der Waals surface area (Å²) >= 11 is 0. The second-order valence-electron chi connectivity index (χ2n) is 3.05. The van der Waals surface area contributed by atoms with Crippen molar-refractivity contribution in [2.45, 2.75) is 13.8 Å². The van der Waals surface area contributed by atoms with Crippen molar-refractivity contribution in [1.82, 2.24) is 4.98 Å². The van der Waals surface area contributed by atoms with Gasteiger partial charge in [-0.15, -0.1) is 0 Å². The van der Waals surface area contributed by atoms with Gasteiger partial charge in [-0.05, 0) is 24.6 Å². The van der Waals surface area contributed by atoms with Crippen LogP contribution in [0.5, 0.6) is 0 Å². The van der Waals surface area contributed by atoms with Crippen LogP contribution in [0, 0.1) is 6.92 Å². The summed E-state index contributed by atoms with van der Waals surface area (Å²) in [5.41, 5.74) is 2.50. The molecule has 0 atom stereocenters. The summed E-state index contributed by atoms with van der Waals surface area (Å²) in [7, 11) is 0. The number of carbonyl (C=O) groups excluding carboxylic acids is 1. The van der Waals surface area contributed by atoms with Crippen molar-refractivity contribution in [3.8, 4) is 0 Å². The van der Waals surface area contributed by atoms with Gasteiger partial charge in [0.2, 0.25) is 5.78 Å². The number of benzene rings is 1. The van der Waals surface area contributed by atoms with E-state index in [2.05, 4.69) is 4.98 Å². The first-order valence-corrected chi connectivity index (χ1v) is 4.05. The molecule has 0 aliphatic rings. The number of hydrogen-bond acceptors (Lipinski definition) is 3. The highest BCUT2D eigenvalue weighted by Crippen LogP contribution is 2.16. The summed E-state index contributed by atoms with van der Waals surface area (Å²) in [6.45, 7) is 3.41. The Labute approximate surface area is 75.4 Å². The maximum atomic E-state index is 10.9. The first kappa shape index (κ1) is 7.98. The number of aromatic nitrogens is 1. The van der Waals surface area contributed by atoms with Crippen LogP contribution in [0.4, 0.5) is 0 Å². The number of fused-ring (bicyclic) bond motifs is 1. The molecule has 2 aromatic rings. The lowest BCUT2D eigenvalue weighted by molar-refractivity contribution is 0.0983. The van der Waals surface area contributed by atoms with Crippen LogP contribution in [0.25, 0.3) is 11.1 Å². The zero-order valence-electron chi connectivity index (χ0n) is 7.50. The summed E-state index contributed by atoms with van der Waals surface area (Å²) in [5, 5.41) is 0. The molecule has 0 bridgehead atoms. The van der Waals surface area contributed by atoms with Crippen LogP contribution in [0.2, 0.25) is 0 Å². The second kappa shape index (κ2) is 2.69. The molecular weight excluding hydrogens is 166 g/mol. The lowest BCUT2D eigenvalue weighted by Gasteiger charge is -1.87. The normalized spacial score (nSPS) is 10.6. The molecule has 0 fully saturated rings. The van der Waals surface area contributed by atoms with E-state index in [-0.39, 0.29) is 11.7 Å². The monoisotopic (exact) mass is 175 g/mol. The van der Waals surface area contributed by atoms with Crippen LogP contribution in [-0.2, 0) is 0 Å². The van der Waals surface area contributed by atoms with E-state index in [9.17, 15) is 4.79 Å². The molecule has 2 rings (SSSR count). The molecule has 66 valence electrons. The van der Waals surface area contributed by atoms with E-state index in [1.165, 1.54) is 6.92 Å². The van der Waals surface area contributed by atoms with E-state index in [4.69, 9.17) is 4.42 Å². The minimum atomic E-state index is -0.145. The largest absolute Gasteiger partial charge is 0.434 e. The van der Waals surface area contributed by atoms with E-state index in [0.29, 0.717) is 5.58 Å². The molecule has 0 saturated carbocycles. The van der Waals surface area contributed by atoms with Crippen LogP contribution < -0.4 is 0 Å². The van der Waals surface area contributed by atoms with Crippen molar-refractivity contribution in [2.75, 3.05) is 0 Å². The summed E-state index contributed by atoms with van der Waals surface area (Å²) in [6, 6.07) is 5.66. The fourth-order valence-electron chi connectivity index (χ4n) is 1.18. The Balaban J connectivity index is 2.68. The molecule has 0 radical (unpaired) electrons. The number of nitrogens with zero attached hydrogens (tertiary/aromatic N) is 1. The molecule has 0 aliphatic heterocycles. The molecule has 13 heavy (non-hydrogen) atoms. The van der Waals surface area contributed by atoms with Crippen LogP contribution >= 0.6 is 0 Å². The Morgan fingerprint density at radius 2 is 2.23 bits per heavy atom. The summed E-state index contributed by atoms with van der Waals surface area (Å²) < 4.78 is 5.25. The van der Waals surface area contributed by atoms with Gasteiger partial charge >= 0.3 is 0 Å². The average molecular weight is 175 g/mol. The van der Waals surface area contributed by atoms with Crippen molar-refractivity contribution < 1.29 is 9.21 Å². The number of ketones is 1. The fourth-order valence-corrected chi connectivity index (χ4v) is 1.18. The van der Waals surface area contributed by atoms with E-state index in [1.807, 2.05) is 25.1 Å². The molecule has 0 N–H and O–H groups in total. The Morgan fingerprint density at radius 1 is 1.46 bits per heavy atom. The highest BCUT2D eigenvalue weighted by molar-refractivity contribution is 5.92. The van der Waals surface area contributed by atoms with Crippen molar-refractivity contribution in [1.29, 1.82) is 0 Å². The van der Waals surface area contributed by atoms with Crippen molar-refractivity contribution >= 4 is 16.9 Å². The number of carbonyl (C=O) groups is 1. The van der Waals surface area contributed by atoms with Gasteiger partial charge in [0.05, 0.1) is 0 Å². The third-order valence-corrected chi connectivity index (χ3v) is 1.85. The van der Waals surface area contributed by atoms with Crippen molar-refractivity contribution in [3.05, 3.63) is 29.7 Å².